The third-order valence-corrected chi connectivity index (χ3v) is 1.94. The number of rotatable bonds is 4. The van der Waals surface area contributed by atoms with Crippen LogP contribution in [0.15, 0.2) is 12.3 Å². The Morgan fingerprint density at radius 3 is 3.10 bits per heavy atom. The van der Waals surface area contributed by atoms with E-state index in [1.165, 1.54) is 6.42 Å². The molecule has 1 aliphatic carbocycles. The standard InChI is InChI=1S/C8H14O2/c1-10-5-3-8-6-7(8)2-4-9/h3,5,7-9H,2,4,6H2,1H3/b5-3+/t7-,8+/m0/s1. The third kappa shape index (κ3) is 2.03. The Morgan fingerprint density at radius 2 is 2.50 bits per heavy atom. The topological polar surface area (TPSA) is 29.5 Å². The highest BCUT2D eigenvalue weighted by molar-refractivity contribution is 4.99. The molecule has 2 atom stereocenters. The van der Waals surface area contributed by atoms with Crippen molar-refractivity contribution in [2.45, 2.75) is 12.8 Å². The molecule has 0 aromatic carbocycles. The van der Waals surface area contributed by atoms with Crippen LogP contribution in [0.5, 0.6) is 0 Å². The summed E-state index contributed by atoms with van der Waals surface area (Å²) in [4.78, 5) is 0. The predicted molar refractivity (Wildman–Crippen MR) is 39.4 cm³/mol. The lowest BCUT2D eigenvalue weighted by Gasteiger charge is -1.89. The van der Waals surface area contributed by atoms with Crippen LogP contribution in [0.1, 0.15) is 12.8 Å². The Morgan fingerprint density at radius 1 is 1.70 bits per heavy atom. The number of aliphatic hydroxyl groups is 1. The van der Waals surface area contributed by atoms with Crippen molar-refractivity contribution in [2.75, 3.05) is 13.7 Å². The molecule has 10 heavy (non-hydrogen) atoms. The van der Waals surface area contributed by atoms with Gasteiger partial charge in [0.15, 0.2) is 0 Å². The summed E-state index contributed by atoms with van der Waals surface area (Å²) in [5.41, 5.74) is 0. The number of aliphatic hydroxyl groups excluding tert-OH is 1. The molecule has 0 heterocycles. The lowest BCUT2D eigenvalue weighted by atomic mass is 10.2. The molecule has 2 nitrogen and oxygen atoms in total. The van der Waals surface area contributed by atoms with E-state index in [4.69, 9.17) is 9.84 Å². The summed E-state index contributed by atoms with van der Waals surface area (Å²) in [5, 5.41) is 8.56. The molecule has 0 spiro atoms. The fourth-order valence-corrected chi connectivity index (χ4v) is 1.18. The van der Waals surface area contributed by atoms with E-state index in [1.807, 2.05) is 0 Å². The number of methoxy groups -OCH3 is 1. The molecule has 0 aliphatic heterocycles. The van der Waals surface area contributed by atoms with E-state index in [2.05, 4.69) is 6.08 Å². The largest absolute Gasteiger partial charge is 0.505 e. The van der Waals surface area contributed by atoms with E-state index in [0.717, 1.165) is 12.3 Å². The minimum atomic E-state index is 0.321. The molecule has 58 valence electrons. The molecule has 0 saturated heterocycles. The van der Waals surface area contributed by atoms with Crippen molar-refractivity contribution in [1.82, 2.24) is 0 Å². The second-order valence-corrected chi connectivity index (χ2v) is 2.74. The molecule has 0 unspecified atom stereocenters. The normalized spacial score (nSPS) is 31.0. The number of hydrogen-bond acceptors (Lipinski definition) is 2. The van der Waals surface area contributed by atoms with Gasteiger partial charge in [0.05, 0.1) is 13.4 Å². The zero-order chi connectivity index (χ0) is 7.40. The number of ether oxygens (including phenoxy) is 1. The molecule has 0 aromatic heterocycles. The highest BCUT2D eigenvalue weighted by atomic mass is 16.5. The molecule has 1 N–H and O–H groups in total. The van der Waals surface area contributed by atoms with E-state index in [9.17, 15) is 0 Å². The fourth-order valence-electron chi connectivity index (χ4n) is 1.18. The monoisotopic (exact) mass is 142 g/mol. The smallest absolute Gasteiger partial charge is 0.0787 e. The third-order valence-electron chi connectivity index (χ3n) is 1.94. The van der Waals surface area contributed by atoms with Crippen molar-refractivity contribution in [3.8, 4) is 0 Å². The molecule has 2 heteroatoms. The maximum atomic E-state index is 8.56. The maximum absolute atomic E-state index is 8.56. The van der Waals surface area contributed by atoms with Gasteiger partial charge in [-0.2, -0.15) is 0 Å². The molecule has 1 aliphatic rings. The molecular weight excluding hydrogens is 128 g/mol. The maximum Gasteiger partial charge on any atom is 0.0787 e. The van der Waals surface area contributed by atoms with Gasteiger partial charge < -0.3 is 9.84 Å². The molecule has 0 radical (unpaired) electrons. The van der Waals surface area contributed by atoms with Gasteiger partial charge in [-0.1, -0.05) is 0 Å². The lowest BCUT2D eigenvalue weighted by molar-refractivity contribution is 0.278. The summed E-state index contributed by atoms with van der Waals surface area (Å²) in [6.45, 7) is 0.321. The molecule has 1 fully saturated rings. The van der Waals surface area contributed by atoms with Gasteiger partial charge in [0, 0.05) is 6.61 Å². The van der Waals surface area contributed by atoms with Crippen molar-refractivity contribution in [3.05, 3.63) is 12.3 Å². The first-order valence-corrected chi connectivity index (χ1v) is 3.68. The predicted octanol–water partition coefficient (Wildman–Crippen LogP) is 1.16. The van der Waals surface area contributed by atoms with Crippen LogP contribution in [0.2, 0.25) is 0 Å². The highest BCUT2D eigenvalue weighted by Gasteiger charge is 2.33. The Labute approximate surface area is 61.5 Å². The Kier molecular flexibility index (Phi) is 2.75. The Hall–Kier alpha value is -0.500. The van der Waals surface area contributed by atoms with Crippen LogP contribution in [-0.4, -0.2) is 18.8 Å². The van der Waals surface area contributed by atoms with E-state index >= 15 is 0 Å². The van der Waals surface area contributed by atoms with Crippen LogP contribution in [0.4, 0.5) is 0 Å². The van der Waals surface area contributed by atoms with Crippen LogP contribution in [0.3, 0.4) is 0 Å². The SMILES string of the molecule is CO/C=C/[C@@H]1C[C@@H]1CCO. The van der Waals surface area contributed by atoms with Crippen molar-refractivity contribution in [1.29, 1.82) is 0 Å². The molecule has 1 saturated carbocycles. The van der Waals surface area contributed by atoms with E-state index in [0.29, 0.717) is 12.5 Å². The van der Waals surface area contributed by atoms with Gasteiger partial charge in [0.25, 0.3) is 0 Å². The number of allylic oxidation sites excluding steroid dienone is 1. The first kappa shape index (κ1) is 7.61. The van der Waals surface area contributed by atoms with Crippen molar-refractivity contribution < 1.29 is 9.84 Å². The van der Waals surface area contributed by atoms with Gasteiger partial charge in [-0.15, -0.1) is 0 Å². The molecule has 1 rings (SSSR count). The zero-order valence-corrected chi connectivity index (χ0v) is 6.29. The first-order valence-electron chi connectivity index (χ1n) is 3.68. The quantitative estimate of drug-likeness (QED) is 0.597. The van der Waals surface area contributed by atoms with Gasteiger partial charge >= 0.3 is 0 Å². The average molecular weight is 142 g/mol. The lowest BCUT2D eigenvalue weighted by Crippen LogP contribution is -1.85. The van der Waals surface area contributed by atoms with Crippen molar-refractivity contribution in [3.63, 3.8) is 0 Å². The van der Waals surface area contributed by atoms with Crippen LogP contribution in [0, 0.1) is 11.8 Å². The molecule has 0 aromatic rings. The zero-order valence-electron chi connectivity index (χ0n) is 6.29. The second kappa shape index (κ2) is 3.62. The van der Waals surface area contributed by atoms with Crippen LogP contribution in [-0.2, 0) is 4.74 Å². The minimum absolute atomic E-state index is 0.321. The Bertz CT molecular complexity index is 120. The molecular formula is C8H14O2. The summed E-state index contributed by atoms with van der Waals surface area (Å²) in [6.07, 6.45) is 5.96. The van der Waals surface area contributed by atoms with Crippen molar-refractivity contribution >= 4 is 0 Å². The van der Waals surface area contributed by atoms with E-state index in [1.54, 1.807) is 13.4 Å². The van der Waals surface area contributed by atoms with Gasteiger partial charge in [-0.05, 0) is 30.8 Å². The van der Waals surface area contributed by atoms with Gasteiger partial charge in [0.1, 0.15) is 0 Å². The summed E-state index contributed by atoms with van der Waals surface area (Å²) in [5.74, 6) is 1.39. The van der Waals surface area contributed by atoms with E-state index in [-0.39, 0.29) is 0 Å². The van der Waals surface area contributed by atoms with Gasteiger partial charge in [-0.3, -0.25) is 0 Å². The number of hydrogen-bond donors (Lipinski definition) is 1. The van der Waals surface area contributed by atoms with Gasteiger partial charge in [0.2, 0.25) is 0 Å². The van der Waals surface area contributed by atoms with Crippen LogP contribution in [0.25, 0.3) is 0 Å². The fraction of sp³-hybridized carbons (Fsp3) is 0.750. The van der Waals surface area contributed by atoms with Gasteiger partial charge in [-0.25, -0.2) is 0 Å². The average Bonchev–Trinajstić information content (AvgIpc) is 2.65. The van der Waals surface area contributed by atoms with Crippen molar-refractivity contribution in [2.24, 2.45) is 11.8 Å². The summed E-state index contributed by atoms with van der Waals surface area (Å²) in [6, 6.07) is 0. The molecule has 0 bridgehead atoms. The first-order chi connectivity index (χ1) is 4.88. The van der Waals surface area contributed by atoms with E-state index < -0.39 is 0 Å². The highest BCUT2D eigenvalue weighted by Crippen LogP contribution is 2.41. The minimum Gasteiger partial charge on any atom is -0.505 e. The summed E-state index contributed by atoms with van der Waals surface area (Å²) < 4.78 is 4.78. The summed E-state index contributed by atoms with van der Waals surface area (Å²) >= 11 is 0. The second-order valence-electron chi connectivity index (χ2n) is 2.74. The Balaban J connectivity index is 2.07. The molecule has 0 amide bonds. The van der Waals surface area contributed by atoms with Crippen LogP contribution >= 0.6 is 0 Å². The summed E-state index contributed by atoms with van der Waals surface area (Å²) in [7, 11) is 1.65. The van der Waals surface area contributed by atoms with Crippen LogP contribution < -0.4 is 0 Å².